The lowest BCUT2D eigenvalue weighted by Crippen LogP contribution is -2.54. The van der Waals surface area contributed by atoms with Crippen LogP contribution in [0.2, 0.25) is 0 Å². The van der Waals surface area contributed by atoms with Gasteiger partial charge < -0.3 is 20.1 Å². The first-order valence-electron chi connectivity index (χ1n) is 6.84. The highest BCUT2D eigenvalue weighted by Gasteiger charge is 2.40. The molecule has 0 spiro atoms. The molecule has 2 N–H and O–H groups in total. The maximum Gasteiger partial charge on any atom is 0.252 e. The van der Waals surface area contributed by atoms with Crippen LogP contribution in [0.15, 0.2) is 0 Å². The van der Waals surface area contributed by atoms with Gasteiger partial charge in [0.25, 0.3) is 5.91 Å². The maximum atomic E-state index is 12.3. The molecule has 0 aromatic heterocycles. The van der Waals surface area contributed by atoms with Crippen molar-refractivity contribution in [3.8, 4) is 0 Å². The third kappa shape index (κ3) is 2.84. The Bertz CT molecular complexity index is 290. The summed E-state index contributed by atoms with van der Waals surface area (Å²) in [5, 5.41) is 6.30. The number of hydrogen-bond acceptors (Lipinski definition) is 4. The van der Waals surface area contributed by atoms with Crippen molar-refractivity contribution in [2.24, 2.45) is 5.92 Å². The lowest BCUT2D eigenvalue weighted by atomic mass is 9.90. The molecule has 104 valence electrons. The molecule has 5 nitrogen and oxygen atoms in total. The second-order valence-corrected chi connectivity index (χ2v) is 5.28. The van der Waals surface area contributed by atoms with Gasteiger partial charge in [-0.15, -0.1) is 0 Å². The molecule has 2 atom stereocenters. The Morgan fingerprint density at radius 2 is 2.22 bits per heavy atom. The molecule has 2 rings (SSSR count). The Morgan fingerprint density at radius 3 is 2.78 bits per heavy atom. The molecule has 2 heterocycles. The molecule has 0 aliphatic carbocycles. The molecule has 0 aromatic rings. The molecule has 2 saturated heterocycles. The highest BCUT2D eigenvalue weighted by Crippen LogP contribution is 2.24. The van der Waals surface area contributed by atoms with Crippen LogP contribution >= 0.6 is 0 Å². The van der Waals surface area contributed by atoms with Gasteiger partial charge in [-0.25, -0.2) is 0 Å². The summed E-state index contributed by atoms with van der Waals surface area (Å²) in [6, 6.07) is 0. The van der Waals surface area contributed by atoms with Crippen LogP contribution in [0.5, 0.6) is 0 Å². The van der Waals surface area contributed by atoms with Crippen molar-refractivity contribution >= 4 is 5.91 Å². The predicted molar refractivity (Wildman–Crippen MR) is 68.4 cm³/mol. The Kier molecular flexibility index (Phi) is 4.59. The molecule has 2 aliphatic heterocycles. The summed E-state index contributed by atoms with van der Waals surface area (Å²) in [5.74, 6) is 0.468. The van der Waals surface area contributed by atoms with Crippen molar-refractivity contribution in [2.45, 2.75) is 37.9 Å². The number of carbonyl (C=O) groups excluding carboxylic acids is 1. The number of amides is 1. The van der Waals surface area contributed by atoms with Gasteiger partial charge in [-0.3, -0.25) is 4.79 Å². The number of hydrogen-bond donors (Lipinski definition) is 2. The van der Waals surface area contributed by atoms with Crippen molar-refractivity contribution < 1.29 is 14.3 Å². The molecule has 0 aromatic carbocycles. The van der Waals surface area contributed by atoms with Crippen LogP contribution in [-0.2, 0) is 14.3 Å². The van der Waals surface area contributed by atoms with E-state index in [1.807, 2.05) is 0 Å². The van der Waals surface area contributed by atoms with Crippen LogP contribution in [0.25, 0.3) is 0 Å². The van der Waals surface area contributed by atoms with Gasteiger partial charge in [0.05, 0.1) is 6.10 Å². The molecule has 2 unspecified atom stereocenters. The fourth-order valence-electron chi connectivity index (χ4n) is 2.78. The minimum Gasteiger partial charge on any atom is -0.378 e. The Hall–Kier alpha value is -0.650. The van der Waals surface area contributed by atoms with Crippen molar-refractivity contribution in [1.29, 1.82) is 0 Å². The Labute approximate surface area is 109 Å². The molecule has 0 saturated carbocycles. The lowest BCUT2D eigenvalue weighted by molar-refractivity contribution is -0.146. The lowest BCUT2D eigenvalue weighted by Gasteiger charge is -2.35. The van der Waals surface area contributed by atoms with E-state index in [1.165, 1.54) is 0 Å². The molecule has 18 heavy (non-hydrogen) atoms. The van der Waals surface area contributed by atoms with E-state index in [2.05, 4.69) is 17.6 Å². The van der Waals surface area contributed by atoms with E-state index in [-0.39, 0.29) is 12.0 Å². The van der Waals surface area contributed by atoms with E-state index < -0.39 is 5.60 Å². The molecule has 0 bridgehead atoms. The highest BCUT2D eigenvalue weighted by molar-refractivity contribution is 5.85. The first kappa shape index (κ1) is 13.8. The van der Waals surface area contributed by atoms with Gasteiger partial charge in [-0.2, -0.15) is 0 Å². The topological polar surface area (TPSA) is 59.6 Å². The summed E-state index contributed by atoms with van der Waals surface area (Å²) >= 11 is 0. The molecule has 1 amide bonds. The molecule has 2 aliphatic rings. The van der Waals surface area contributed by atoms with Gasteiger partial charge in [0.1, 0.15) is 5.60 Å². The van der Waals surface area contributed by atoms with Crippen molar-refractivity contribution in [2.75, 3.05) is 33.4 Å². The first-order chi connectivity index (χ1) is 8.68. The zero-order chi connectivity index (χ0) is 13.0. The summed E-state index contributed by atoms with van der Waals surface area (Å²) in [6.07, 6.45) is 2.76. The Morgan fingerprint density at radius 1 is 1.50 bits per heavy atom. The molecule has 2 fully saturated rings. The van der Waals surface area contributed by atoms with E-state index in [9.17, 15) is 4.79 Å². The van der Waals surface area contributed by atoms with Crippen LogP contribution in [0.1, 0.15) is 26.2 Å². The van der Waals surface area contributed by atoms with E-state index in [1.54, 1.807) is 7.11 Å². The van der Waals surface area contributed by atoms with Gasteiger partial charge in [-0.1, -0.05) is 0 Å². The second kappa shape index (κ2) is 5.99. The fourth-order valence-corrected chi connectivity index (χ4v) is 2.78. The van der Waals surface area contributed by atoms with Gasteiger partial charge in [0, 0.05) is 26.2 Å². The number of piperidine rings is 1. The van der Waals surface area contributed by atoms with Gasteiger partial charge in [0.15, 0.2) is 0 Å². The monoisotopic (exact) mass is 256 g/mol. The van der Waals surface area contributed by atoms with Gasteiger partial charge in [-0.05, 0) is 39.3 Å². The zero-order valence-corrected chi connectivity index (χ0v) is 11.3. The number of methoxy groups -OCH3 is 1. The minimum absolute atomic E-state index is 0.0330. The van der Waals surface area contributed by atoms with Crippen LogP contribution in [0, 0.1) is 5.92 Å². The quantitative estimate of drug-likeness (QED) is 0.759. The summed E-state index contributed by atoms with van der Waals surface area (Å²) in [7, 11) is 1.63. The third-order valence-electron chi connectivity index (χ3n) is 4.27. The van der Waals surface area contributed by atoms with E-state index in [0.717, 1.165) is 39.0 Å². The predicted octanol–water partition coefficient (Wildman–Crippen LogP) is 0.296. The van der Waals surface area contributed by atoms with Crippen LogP contribution in [0.4, 0.5) is 0 Å². The summed E-state index contributed by atoms with van der Waals surface area (Å²) in [4.78, 5) is 12.3. The fraction of sp³-hybridized carbons (Fsp3) is 0.923. The van der Waals surface area contributed by atoms with Gasteiger partial charge in [0.2, 0.25) is 0 Å². The number of ether oxygens (including phenoxy) is 2. The van der Waals surface area contributed by atoms with Crippen LogP contribution in [-0.4, -0.2) is 51.0 Å². The first-order valence-corrected chi connectivity index (χ1v) is 6.84. The average Bonchev–Trinajstić information content (AvgIpc) is 2.82. The smallest absolute Gasteiger partial charge is 0.252 e. The van der Waals surface area contributed by atoms with Crippen LogP contribution in [0.3, 0.4) is 0 Å². The van der Waals surface area contributed by atoms with E-state index in [0.29, 0.717) is 12.5 Å². The van der Waals surface area contributed by atoms with Gasteiger partial charge >= 0.3 is 0 Å². The van der Waals surface area contributed by atoms with Crippen LogP contribution < -0.4 is 10.6 Å². The molecule has 5 heteroatoms. The zero-order valence-electron chi connectivity index (χ0n) is 11.3. The second-order valence-electron chi connectivity index (χ2n) is 5.28. The number of rotatable bonds is 4. The van der Waals surface area contributed by atoms with E-state index in [4.69, 9.17) is 9.47 Å². The largest absolute Gasteiger partial charge is 0.378 e. The molecule has 0 radical (unpaired) electrons. The maximum absolute atomic E-state index is 12.3. The molecular formula is C13H24N2O3. The van der Waals surface area contributed by atoms with Crippen molar-refractivity contribution in [3.05, 3.63) is 0 Å². The van der Waals surface area contributed by atoms with Crippen molar-refractivity contribution in [3.63, 3.8) is 0 Å². The standard InChI is InChI=1S/C13H24N2O3/c1-10-11(3-8-18-10)9-15-12(16)13(17-2)4-6-14-7-5-13/h10-11,14H,3-9H2,1-2H3,(H,15,16). The SMILES string of the molecule is COC1(C(=O)NCC2CCOC2C)CCNCC1. The van der Waals surface area contributed by atoms with E-state index >= 15 is 0 Å². The third-order valence-corrected chi connectivity index (χ3v) is 4.27. The number of carbonyl (C=O) groups is 1. The summed E-state index contributed by atoms with van der Waals surface area (Å²) < 4.78 is 11.0. The summed E-state index contributed by atoms with van der Waals surface area (Å²) in [6.45, 7) is 5.24. The summed E-state index contributed by atoms with van der Waals surface area (Å²) in [5.41, 5.74) is -0.631. The minimum atomic E-state index is -0.631. The average molecular weight is 256 g/mol. The normalized spacial score (nSPS) is 31.2. The van der Waals surface area contributed by atoms with Crippen molar-refractivity contribution in [1.82, 2.24) is 10.6 Å². The number of nitrogens with one attached hydrogen (secondary N) is 2. The molecular weight excluding hydrogens is 232 g/mol. The Balaban J connectivity index is 1.85. The highest BCUT2D eigenvalue weighted by atomic mass is 16.5.